The Bertz CT molecular complexity index is 658. The minimum atomic E-state index is -3.50. The van der Waals surface area contributed by atoms with Crippen LogP contribution in [0.2, 0.25) is 0 Å². The van der Waals surface area contributed by atoms with Crippen molar-refractivity contribution in [3.05, 3.63) is 29.8 Å². The number of ether oxygens (including phenoxy) is 1. The molecule has 0 bridgehead atoms. The molecule has 1 aromatic rings. The maximum atomic E-state index is 12.6. The van der Waals surface area contributed by atoms with E-state index in [2.05, 4.69) is 0 Å². The van der Waals surface area contributed by atoms with Crippen molar-refractivity contribution >= 4 is 15.9 Å². The van der Waals surface area contributed by atoms with Crippen molar-refractivity contribution in [2.24, 2.45) is 0 Å². The molecule has 0 saturated carbocycles. The molecule has 24 heavy (non-hydrogen) atoms. The smallest absolute Gasteiger partial charge is 0.254 e. The third-order valence-electron chi connectivity index (χ3n) is 4.15. The Morgan fingerprint density at radius 1 is 1.12 bits per heavy atom. The van der Waals surface area contributed by atoms with Crippen LogP contribution in [0, 0.1) is 0 Å². The second-order valence-electron chi connectivity index (χ2n) is 6.08. The van der Waals surface area contributed by atoms with Gasteiger partial charge in [0.25, 0.3) is 5.91 Å². The highest BCUT2D eigenvalue weighted by molar-refractivity contribution is 7.89. The van der Waals surface area contributed by atoms with E-state index >= 15 is 0 Å². The molecule has 2 atom stereocenters. The third-order valence-corrected chi connectivity index (χ3v) is 6.22. The van der Waals surface area contributed by atoms with Crippen molar-refractivity contribution in [1.29, 1.82) is 0 Å². The van der Waals surface area contributed by atoms with Crippen molar-refractivity contribution in [2.45, 2.75) is 44.8 Å². The number of morpholine rings is 1. The van der Waals surface area contributed by atoms with Gasteiger partial charge in [-0.2, -0.15) is 4.31 Å². The van der Waals surface area contributed by atoms with E-state index < -0.39 is 10.0 Å². The van der Waals surface area contributed by atoms with Crippen LogP contribution < -0.4 is 0 Å². The molecule has 1 saturated heterocycles. The molecule has 1 aliphatic rings. The van der Waals surface area contributed by atoms with E-state index in [1.165, 1.54) is 16.4 Å². The monoisotopic (exact) mass is 354 g/mol. The summed E-state index contributed by atoms with van der Waals surface area (Å²) in [4.78, 5) is 14.6. The first-order valence-corrected chi connectivity index (χ1v) is 9.78. The Labute approximate surface area is 144 Å². The summed E-state index contributed by atoms with van der Waals surface area (Å²) in [7, 11) is -3.50. The molecule has 134 valence electrons. The Hall–Kier alpha value is -1.44. The van der Waals surface area contributed by atoms with Gasteiger partial charge in [-0.1, -0.05) is 13.8 Å². The van der Waals surface area contributed by atoms with Crippen LogP contribution in [0.1, 0.15) is 38.1 Å². The van der Waals surface area contributed by atoms with E-state index in [1.807, 2.05) is 13.8 Å². The topological polar surface area (TPSA) is 66.9 Å². The largest absolute Gasteiger partial charge is 0.372 e. The molecule has 0 N–H and O–H groups in total. The van der Waals surface area contributed by atoms with Crippen LogP contribution in [0.5, 0.6) is 0 Å². The summed E-state index contributed by atoms with van der Waals surface area (Å²) in [6.45, 7) is 9.42. The Balaban J connectivity index is 2.18. The predicted molar refractivity (Wildman–Crippen MR) is 92.5 cm³/mol. The van der Waals surface area contributed by atoms with E-state index in [9.17, 15) is 13.2 Å². The standard InChI is InChI=1S/C17H26N2O4S/c1-5-19(6-2)24(21,22)16-9-7-15(8-10-16)17(20)18-11-13(3)23-14(4)12-18/h7-10,13-14H,5-6,11-12H2,1-4H3. The molecule has 1 aliphatic heterocycles. The highest BCUT2D eigenvalue weighted by Gasteiger charge is 2.27. The highest BCUT2D eigenvalue weighted by Crippen LogP contribution is 2.19. The fourth-order valence-corrected chi connectivity index (χ4v) is 4.47. The van der Waals surface area contributed by atoms with Crippen molar-refractivity contribution < 1.29 is 17.9 Å². The molecule has 1 amide bonds. The molecular weight excluding hydrogens is 328 g/mol. The fraction of sp³-hybridized carbons (Fsp3) is 0.588. The molecule has 0 aliphatic carbocycles. The summed E-state index contributed by atoms with van der Waals surface area (Å²) in [5.74, 6) is -0.0937. The number of carbonyl (C=O) groups excluding carboxylic acids is 1. The van der Waals surface area contributed by atoms with Crippen LogP contribution in [-0.2, 0) is 14.8 Å². The molecule has 0 radical (unpaired) electrons. The highest BCUT2D eigenvalue weighted by atomic mass is 32.2. The van der Waals surface area contributed by atoms with Crippen molar-refractivity contribution in [3.8, 4) is 0 Å². The van der Waals surface area contributed by atoms with Crippen LogP contribution in [0.3, 0.4) is 0 Å². The second kappa shape index (κ2) is 7.63. The van der Waals surface area contributed by atoms with E-state index in [-0.39, 0.29) is 23.0 Å². The first kappa shape index (κ1) is 18.9. The maximum absolute atomic E-state index is 12.6. The number of hydrogen-bond acceptors (Lipinski definition) is 4. The van der Waals surface area contributed by atoms with Crippen molar-refractivity contribution in [3.63, 3.8) is 0 Å². The van der Waals surface area contributed by atoms with Gasteiger partial charge in [-0.3, -0.25) is 4.79 Å². The van der Waals surface area contributed by atoms with E-state index in [1.54, 1.807) is 30.9 Å². The van der Waals surface area contributed by atoms with Gasteiger partial charge in [0.05, 0.1) is 17.1 Å². The molecule has 2 unspecified atom stereocenters. The quantitative estimate of drug-likeness (QED) is 0.811. The molecule has 1 heterocycles. The Kier molecular flexibility index (Phi) is 6.01. The molecule has 1 aromatic carbocycles. The number of sulfonamides is 1. The van der Waals surface area contributed by atoms with Gasteiger partial charge in [-0.25, -0.2) is 8.42 Å². The normalized spacial score (nSPS) is 22.0. The number of amides is 1. The van der Waals surface area contributed by atoms with Crippen LogP contribution in [0.25, 0.3) is 0 Å². The van der Waals surface area contributed by atoms with Gasteiger partial charge in [-0.05, 0) is 38.1 Å². The zero-order valence-corrected chi connectivity index (χ0v) is 15.5. The van der Waals surface area contributed by atoms with Crippen molar-refractivity contribution in [2.75, 3.05) is 26.2 Å². The average Bonchev–Trinajstić information content (AvgIpc) is 2.54. The molecule has 0 spiro atoms. The SMILES string of the molecule is CCN(CC)S(=O)(=O)c1ccc(C(=O)N2CC(C)OC(C)C2)cc1. The van der Waals surface area contributed by atoms with Gasteiger partial charge in [0.15, 0.2) is 0 Å². The van der Waals surface area contributed by atoms with Gasteiger partial charge < -0.3 is 9.64 Å². The predicted octanol–water partition coefficient (Wildman–Crippen LogP) is 1.97. The van der Waals surface area contributed by atoms with Crippen LogP contribution >= 0.6 is 0 Å². The summed E-state index contributed by atoms with van der Waals surface area (Å²) < 4.78 is 32.0. The summed E-state index contributed by atoms with van der Waals surface area (Å²) in [5, 5.41) is 0. The number of nitrogens with zero attached hydrogens (tertiary/aromatic N) is 2. The molecule has 6 nitrogen and oxygen atoms in total. The summed E-state index contributed by atoms with van der Waals surface area (Å²) >= 11 is 0. The molecule has 0 aromatic heterocycles. The van der Waals surface area contributed by atoms with Crippen LogP contribution in [0.15, 0.2) is 29.2 Å². The lowest BCUT2D eigenvalue weighted by atomic mass is 10.1. The lowest BCUT2D eigenvalue weighted by Gasteiger charge is -2.35. The van der Waals surface area contributed by atoms with Gasteiger partial charge in [0.1, 0.15) is 0 Å². The minimum Gasteiger partial charge on any atom is -0.372 e. The van der Waals surface area contributed by atoms with Gasteiger partial charge in [-0.15, -0.1) is 0 Å². The van der Waals surface area contributed by atoms with Gasteiger partial charge >= 0.3 is 0 Å². The number of benzene rings is 1. The van der Waals surface area contributed by atoms with Gasteiger partial charge in [0, 0.05) is 31.7 Å². The molecule has 7 heteroatoms. The zero-order chi connectivity index (χ0) is 17.9. The number of carbonyl (C=O) groups is 1. The van der Waals surface area contributed by atoms with E-state index in [0.29, 0.717) is 31.7 Å². The summed E-state index contributed by atoms with van der Waals surface area (Å²) in [6.07, 6.45) is 0.0000326. The maximum Gasteiger partial charge on any atom is 0.254 e. The lowest BCUT2D eigenvalue weighted by Crippen LogP contribution is -2.48. The number of rotatable bonds is 5. The fourth-order valence-electron chi connectivity index (χ4n) is 3.01. The molecule has 1 fully saturated rings. The minimum absolute atomic E-state index is 0.0000163. The van der Waals surface area contributed by atoms with Crippen LogP contribution in [-0.4, -0.2) is 61.9 Å². The van der Waals surface area contributed by atoms with Crippen molar-refractivity contribution in [1.82, 2.24) is 9.21 Å². The first-order chi connectivity index (χ1) is 11.3. The molecule has 2 rings (SSSR count). The summed E-state index contributed by atoms with van der Waals surface area (Å²) in [6, 6.07) is 6.19. The lowest BCUT2D eigenvalue weighted by molar-refractivity contribution is -0.0586. The average molecular weight is 354 g/mol. The first-order valence-electron chi connectivity index (χ1n) is 8.34. The van der Waals surface area contributed by atoms with Crippen LogP contribution in [0.4, 0.5) is 0 Å². The molecular formula is C17H26N2O4S. The Morgan fingerprint density at radius 3 is 2.08 bits per heavy atom. The summed E-state index contributed by atoms with van der Waals surface area (Å²) in [5.41, 5.74) is 0.495. The second-order valence-corrected chi connectivity index (χ2v) is 8.02. The van der Waals surface area contributed by atoms with E-state index in [0.717, 1.165) is 0 Å². The van der Waals surface area contributed by atoms with Gasteiger partial charge in [0.2, 0.25) is 10.0 Å². The van der Waals surface area contributed by atoms with E-state index in [4.69, 9.17) is 4.74 Å². The third kappa shape index (κ3) is 3.96. The number of hydrogen-bond donors (Lipinski definition) is 0. The Morgan fingerprint density at radius 2 is 1.62 bits per heavy atom. The zero-order valence-electron chi connectivity index (χ0n) is 14.7.